The van der Waals surface area contributed by atoms with Crippen molar-refractivity contribution in [2.75, 3.05) is 13.1 Å². The molecule has 5 nitrogen and oxygen atoms in total. The van der Waals surface area contributed by atoms with Crippen LogP contribution in [0.1, 0.15) is 29.0 Å². The molecule has 1 aliphatic heterocycles. The minimum absolute atomic E-state index is 0.00445. The van der Waals surface area contributed by atoms with Gasteiger partial charge in [0, 0.05) is 24.7 Å². The monoisotopic (exact) mass is 385 g/mol. The molecule has 1 amide bonds. The fourth-order valence-corrected chi connectivity index (χ4v) is 4.60. The van der Waals surface area contributed by atoms with Crippen molar-refractivity contribution < 1.29 is 9.53 Å². The van der Waals surface area contributed by atoms with Crippen molar-refractivity contribution in [2.24, 2.45) is 0 Å². The molecule has 1 aliphatic rings. The number of hydrogen-bond donors (Lipinski definition) is 0. The van der Waals surface area contributed by atoms with Gasteiger partial charge in [-0.1, -0.05) is 12.1 Å². The summed E-state index contributed by atoms with van der Waals surface area (Å²) < 4.78 is 5.98. The van der Waals surface area contributed by atoms with Crippen molar-refractivity contribution in [3.8, 4) is 9.88 Å². The third kappa shape index (κ3) is 4.00. The Labute approximate surface area is 160 Å². The highest BCUT2D eigenvalue weighted by Crippen LogP contribution is 2.28. The Bertz CT molecular complexity index is 849. The average molecular weight is 386 g/mol. The first-order valence-electron chi connectivity index (χ1n) is 8.60. The zero-order chi connectivity index (χ0) is 17.8. The van der Waals surface area contributed by atoms with Gasteiger partial charge < -0.3 is 9.64 Å². The second-order valence-corrected chi connectivity index (χ2v) is 7.97. The van der Waals surface area contributed by atoms with Crippen LogP contribution in [0, 0.1) is 0 Å². The molecule has 7 heteroatoms. The number of likely N-dealkylation sites (tertiary alicyclic amines) is 1. The second kappa shape index (κ2) is 8.07. The van der Waals surface area contributed by atoms with E-state index in [9.17, 15) is 4.79 Å². The smallest absolute Gasteiger partial charge is 0.273 e. The van der Waals surface area contributed by atoms with Gasteiger partial charge >= 0.3 is 0 Å². The molecule has 0 N–H and O–H groups in total. The molecule has 26 heavy (non-hydrogen) atoms. The molecule has 0 radical (unpaired) electrons. The Morgan fingerprint density at radius 1 is 1.27 bits per heavy atom. The van der Waals surface area contributed by atoms with Crippen LogP contribution in [0.25, 0.3) is 9.88 Å². The fourth-order valence-electron chi connectivity index (χ4n) is 2.99. The summed E-state index contributed by atoms with van der Waals surface area (Å²) in [6.07, 6.45) is 3.72. The predicted molar refractivity (Wildman–Crippen MR) is 103 cm³/mol. The average Bonchev–Trinajstić information content (AvgIpc) is 3.38. The topological polar surface area (TPSA) is 55.3 Å². The first-order valence-corrected chi connectivity index (χ1v) is 10.4. The van der Waals surface area contributed by atoms with E-state index in [1.54, 1.807) is 17.5 Å². The summed E-state index contributed by atoms with van der Waals surface area (Å²) >= 11 is 3.16. The maximum Gasteiger partial charge on any atom is 0.273 e. The Morgan fingerprint density at radius 2 is 2.23 bits per heavy atom. The van der Waals surface area contributed by atoms with Crippen molar-refractivity contribution in [3.05, 3.63) is 58.7 Å². The van der Waals surface area contributed by atoms with E-state index < -0.39 is 0 Å². The number of rotatable bonds is 5. The molecule has 0 saturated carbocycles. The lowest BCUT2D eigenvalue weighted by Gasteiger charge is -2.32. The highest BCUT2D eigenvalue weighted by Gasteiger charge is 2.26. The van der Waals surface area contributed by atoms with Crippen molar-refractivity contribution >= 4 is 28.6 Å². The normalized spacial score (nSPS) is 17.4. The lowest BCUT2D eigenvalue weighted by atomic mass is 10.1. The van der Waals surface area contributed by atoms with Crippen LogP contribution in [0.15, 0.2) is 47.3 Å². The van der Waals surface area contributed by atoms with E-state index in [0.29, 0.717) is 18.8 Å². The minimum atomic E-state index is -0.00445. The zero-order valence-corrected chi connectivity index (χ0v) is 15.8. The van der Waals surface area contributed by atoms with Crippen molar-refractivity contribution in [3.63, 3.8) is 0 Å². The first-order chi connectivity index (χ1) is 12.8. The standard InChI is InChI=1S/C19H19N3O2S2/c23-19(16-13-26-18(21-16)17-7-4-10-25-17)22-9-3-6-15(11-22)24-12-14-5-1-2-8-20-14/h1-2,4-5,7-8,10,13,15H,3,6,9,11-12H2. The molecular weight excluding hydrogens is 366 g/mol. The van der Waals surface area contributed by atoms with Crippen LogP contribution in [0.4, 0.5) is 0 Å². The molecule has 1 saturated heterocycles. The maximum absolute atomic E-state index is 12.8. The number of aromatic nitrogens is 2. The first kappa shape index (κ1) is 17.3. The molecule has 4 heterocycles. The largest absolute Gasteiger partial charge is 0.370 e. The molecule has 0 spiro atoms. The van der Waals surface area contributed by atoms with Crippen LogP contribution in [0.2, 0.25) is 0 Å². The van der Waals surface area contributed by atoms with Crippen LogP contribution < -0.4 is 0 Å². The minimum Gasteiger partial charge on any atom is -0.370 e. The van der Waals surface area contributed by atoms with Gasteiger partial charge in [0.05, 0.1) is 23.3 Å². The van der Waals surface area contributed by atoms with Gasteiger partial charge in [0.2, 0.25) is 0 Å². The van der Waals surface area contributed by atoms with Gasteiger partial charge in [0.25, 0.3) is 5.91 Å². The molecule has 3 aromatic rings. The number of carbonyl (C=O) groups is 1. The van der Waals surface area contributed by atoms with E-state index >= 15 is 0 Å². The van der Waals surface area contributed by atoms with Crippen molar-refractivity contribution in [2.45, 2.75) is 25.6 Å². The quantitative estimate of drug-likeness (QED) is 0.664. The van der Waals surface area contributed by atoms with Gasteiger partial charge in [0.15, 0.2) is 0 Å². The molecule has 0 aromatic carbocycles. The van der Waals surface area contributed by atoms with E-state index in [0.717, 1.165) is 35.0 Å². The number of amides is 1. The van der Waals surface area contributed by atoms with E-state index in [4.69, 9.17) is 4.74 Å². The van der Waals surface area contributed by atoms with Gasteiger partial charge in [0.1, 0.15) is 10.7 Å². The number of pyridine rings is 1. The summed E-state index contributed by atoms with van der Waals surface area (Å²) in [6.45, 7) is 1.85. The SMILES string of the molecule is O=C(c1csc(-c2cccs2)n1)N1CCCC(OCc2ccccn2)C1. The molecule has 0 aliphatic carbocycles. The van der Waals surface area contributed by atoms with E-state index in [1.165, 1.54) is 11.3 Å². The third-order valence-electron chi connectivity index (χ3n) is 4.31. The molecule has 4 rings (SSSR count). The van der Waals surface area contributed by atoms with Crippen LogP contribution in [0.3, 0.4) is 0 Å². The van der Waals surface area contributed by atoms with Gasteiger partial charge in [-0.15, -0.1) is 22.7 Å². The number of nitrogens with zero attached hydrogens (tertiary/aromatic N) is 3. The molecule has 0 bridgehead atoms. The molecule has 1 unspecified atom stereocenters. The van der Waals surface area contributed by atoms with Gasteiger partial charge in [-0.25, -0.2) is 4.98 Å². The highest BCUT2D eigenvalue weighted by atomic mass is 32.1. The summed E-state index contributed by atoms with van der Waals surface area (Å²) in [5, 5.41) is 4.78. The summed E-state index contributed by atoms with van der Waals surface area (Å²) in [4.78, 5) is 24.6. The van der Waals surface area contributed by atoms with E-state index in [1.807, 2.05) is 46.0 Å². The van der Waals surface area contributed by atoms with Crippen LogP contribution in [-0.2, 0) is 11.3 Å². The van der Waals surface area contributed by atoms with Crippen molar-refractivity contribution in [1.82, 2.24) is 14.9 Å². The number of carbonyl (C=O) groups excluding carboxylic acids is 1. The van der Waals surface area contributed by atoms with Crippen LogP contribution in [-0.4, -0.2) is 40.0 Å². The summed E-state index contributed by atoms with van der Waals surface area (Å²) in [6, 6.07) is 9.82. The number of thiazole rings is 1. The second-order valence-electron chi connectivity index (χ2n) is 6.16. The predicted octanol–water partition coefficient (Wildman–Crippen LogP) is 4.09. The van der Waals surface area contributed by atoms with Gasteiger partial charge in [-0.3, -0.25) is 9.78 Å². The third-order valence-corrected chi connectivity index (χ3v) is 6.20. The molecule has 3 aromatic heterocycles. The van der Waals surface area contributed by atoms with Gasteiger partial charge in [-0.05, 0) is 36.4 Å². The number of ether oxygens (including phenoxy) is 1. The number of piperidine rings is 1. The lowest BCUT2D eigenvalue weighted by Crippen LogP contribution is -2.43. The van der Waals surface area contributed by atoms with E-state index in [2.05, 4.69) is 9.97 Å². The van der Waals surface area contributed by atoms with E-state index in [-0.39, 0.29) is 12.0 Å². The Balaban J connectivity index is 1.37. The number of thiophene rings is 1. The summed E-state index contributed by atoms with van der Waals surface area (Å²) in [7, 11) is 0. The maximum atomic E-state index is 12.8. The zero-order valence-electron chi connectivity index (χ0n) is 14.2. The Kier molecular flexibility index (Phi) is 5.38. The summed E-state index contributed by atoms with van der Waals surface area (Å²) in [5.41, 5.74) is 1.44. The fraction of sp³-hybridized carbons (Fsp3) is 0.316. The Morgan fingerprint density at radius 3 is 3.04 bits per heavy atom. The van der Waals surface area contributed by atoms with Crippen molar-refractivity contribution in [1.29, 1.82) is 0 Å². The lowest BCUT2D eigenvalue weighted by molar-refractivity contribution is -0.00798. The van der Waals surface area contributed by atoms with Crippen LogP contribution >= 0.6 is 22.7 Å². The molecule has 1 fully saturated rings. The molecule has 134 valence electrons. The van der Waals surface area contributed by atoms with Crippen LogP contribution in [0.5, 0.6) is 0 Å². The highest BCUT2D eigenvalue weighted by molar-refractivity contribution is 7.20. The Hall–Kier alpha value is -2.09. The molecule has 1 atom stereocenters. The molecular formula is C19H19N3O2S2. The summed E-state index contributed by atoms with van der Waals surface area (Å²) in [5.74, 6) is -0.00445. The van der Waals surface area contributed by atoms with Gasteiger partial charge in [-0.2, -0.15) is 0 Å². The number of hydrogen-bond acceptors (Lipinski definition) is 6.